The van der Waals surface area contributed by atoms with Gasteiger partial charge < -0.3 is 0 Å². The molecule has 0 aromatic carbocycles. The predicted molar refractivity (Wildman–Crippen MR) is 75.5 cm³/mol. The zero-order chi connectivity index (χ0) is 13.3. The molecule has 3 atom stereocenters. The van der Waals surface area contributed by atoms with E-state index in [0.717, 1.165) is 25.6 Å². The number of ketones is 1. The molecule has 2 nitrogen and oxygen atoms in total. The van der Waals surface area contributed by atoms with Crippen LogP contribution in [0.25, 0.3) is 0 Å². The first-order valence-corrected chi connectivity index (χ1v) is 7.74. The molecular formula is C16H29NO. The Morgan fingerprint density at radius 1 is 1.28 bits per heavy atom. The smallest absolute Gasteiger partial charge is 0.137 e. The van der Waals surface area contributed by atoms with Gasteiger partial charge in [-0.15, -0.1) is 0 Å². The molecule has 0 heterocycles. The standard InChI is InChI=1S/C16H29NO/c1-11(2)9-17(14-5-6-14)10-15-13(4)7-12(3)8-16(15)18/h11-15H,5-10H2,1-4H3. The summed E-state index contributed by atoms with van der Waals surface area (Å²) in [5.74, 6) is 2.72. The number of carbonyl (C=O) groups excluding carboxylic acids is 1. The van der Waals surface area contributed by atoms with E-state index in [0.29, 0.717) is 29.5 Å². The second-order valence-corrected chi connectivity index (χ2v) is 7.17. The van der Waals surface area contributed by atoms with Gasteiger partial charge in [-0.1, -0.05) is 27.7 Å². The molecule has 0 aliphatic heterocycles. The molecule has 0 N–H and O–H groups in total. The number of rotatable bonds is 5. The lowest BCUT2D eigenvalue weighted by molar-refractivity contribution is -0.128. The van der Waals surface area contributed by atoms with Crippen molar-refractivity contribution in [2.45, 2.75) is 59.4 Å². The van der Waals surface area contributed by atoms with Gasteiger partial charge in [0.05, 0.1) is 0 Å². The Bertz CT molecular complexity index is 295. The van der Waals surface area contributed by atoms with Gasteiger partial charge in [-0.25, -0.2) is 0 Å². The highest BCUT2D eigenvalue weighted by atomic mass is 16.1. The SMILES string of the molecule is CC(C)CN(CC1C(=O)CC(C)CC1C)C1CC1. The minimum atomic E-state index is 0.306. The Hall–Kier alpha value is -0.370. The molecule has 0 aromatic heterocycles. The van der Waals surface area contributed by atoms with Crippen molar-refractivity contribution in [1.82, 2.24) is 4.90 Å². The largest absolute Gasteiger partial charge is 0.299 e. The Balaban J connectivity index is 1.94. The molecule has 2 fully saturated rings. The third-order valence-corrected chi connectivity index (χ3v) is 4.52. The number of hydrogen-bond donors (Lipinski definition) is 0. The average molecular weight is 251 g/mol. The van der Waals surface area contributed by atoms with Gasteiger partial charge in [0.25, 0.3) is 0 Å². The molecule has 0 aromatic rings. The van der Waals surface area contributed by atoms with Crippen molar-refractivity contribution in [3.05, 3.63) is 0 Å². The van der Waals surface area contributed by atoms with Crippen molar-refractivity contribution < 1.29 is 4.79 Å². The lowest BCUT2D eigenvalue weighted by Gasteiger charge is -2.36. The van der Waals surface area contributed by atoms with Crippen LogP contribution in [-0.4, -0.2) is 29.8 Å². The van der Waals surface area contributed by atoms with Gasteiger partial charge in [-0.2, -0.15) is 0 Å². The van der Waals surface area contributed by atoms with Crippen LogP contribution >= 0.6 is 0 Å². The molecule has 0 spiro atoms. The molecular weight excluding hydrogens is 222 g/mol. The zero-order valence-corrected chi connectivity index (χ0v) is 12.5. The molecule has 18 heavy (non-hydrogen) atoms. The normalized spacial score (nSPS) is 33.4. The summed E-state index contributed by atoms with van der Waals surface area (Å²) in [6.45, 7) is 11.2. The van der Waals surface area contributed by atoms with E-state index in [1.54, 1.807) is 0 Å². The predicted octanol–water partition coefficient (Wildman–Crippen LogP) is 3.36. The van der Waals surface area contributed by atoms with E-state index in [4.69, 9.17) is 0 Å². The molecule has 0 bridgehead atoms. The summed E-state index contributed by atoms with van der Waals surface area (Å²) in [6.07, 6.45) is 4.74. The number of carbonyl (C=O) groups is 1. The van der Waals surface area contributed by atoms with Crippen LogP contribution in [0.3, 0.4) is 0 Å². The summed E-state index contributed by atoms with van der Waals surface area (Å²) >= 11 is 0. The van der Waals surface area contributed by atoms with Gasteiger partial charge in [-0.05, 0) is 37.0 Å². The van der Waals surface area contributed by atoms with E-state index in [-0.39, 0.29) is 0 Å². The molecule has 0 saturated heterocycles. The Kier molecular flexibility index (Phi) is 4.47. The first-order chi connectivity index (χ1) is 8.47. The molecule has 2 heteroatoms. The fourth-order valence-electron chi connectivity index (χ4n) is 3.51. The monoisotopic (exact) mass is 251 g/mol. The van der Waals surface area contributed by atoms with E-state index in [2.05, 4.69) is 32.6 Å². The first-order valence-electron chi connectivity index (χ1n) is 7.74. The molecule has 104 valence electrons. The zero-order valence-electron chi connectivity index (χ0n) is 12.5. The molecule has 0 radical (unpaired) electrons. The van der Waals surface area contributed by atoms with E-state index >= 15 is 0 Å². The van der Waals surface area contributed by atoms with Crippen molar-refractivity contribution in [2.24, 2.45) is 23.7 Å². The lowest BCUT2D eigenvalue weighted by atomic mass is 9.74. The summed E-state index contributed by atoms with van der Waals surface area (Å²) < 4.78 is 0. The highest BCUT2D eigenvalue weighted by molar-refractivity contribution is 5.82. The number of Topliss-reactive ketones (excluding diaryl/α,β-unsaturated/α-hetero) is 1. The van der Waals surface area contributed by atoms with E-state index < -0.39 is 0 Å². The van der Waals surface area contributed by atoms with Crippen LogP contribution in [-0.2, 0) is 4.79 Å². The topological polar surface area (TPSA) is 20.3 Å². The minimum Gasteiger partial charge on any atom is -0.299 e. The van der Waals surface area contributed by atoms with Crippen molar-refractivity contribution in [2.75, 3.05) is 13.1 Å². The molecule has 2 rings (SSSR count). The summed E-state index contributed by atoms with van der Waals surface area (Å²) in [5.41, 5.74) is 0. The average Bonchev–Trinajstić information content (AvgIpc) is 3.04. The first kappa shape index (κ1) is 14.0. The van der Waals surface area contributed by atoms with Crippen molar-refractivity contribution in [3.8, 4) is 0 Å². The second-order valence-electron chi connectivity index (χ2n) is 7.17. The van der Waals surface area contributed by atoms with Crippen LogP contribution in [0.5, 0.6) is 0 Å². The molecule has 2 aliphatic rings. The van der Waals surface area contributed by atoms with Gasteiger partial charge in [0.2, 0.25) is 0 Å². The lowest BCUT2D eigenvalue weighted by Crippen LogP contribution is -2.42. The Morgan fingerprint density at radius 3 is 2.44 bits per heavy atom. The summed E-state index contributed by atoms with van der Waals surface area (Å²) in [5, 5.41) is 0. The van der Waals surface area contributed by atoms with Crippen LogP contribution in [0.4, 0.5) is 0 Å². The molecule has 0 amide bonds. The number of hydrogen-bond acceptors (Lipinski definition) is 2. The van der Waals surface area contributed by atoms with Crippen molar-refractivity contribution >= 4 is 5.78 Å². The molecule has 2 saturated carbocycles. The van der Waals surface area contributed by atoms with Gasteiger partial charge in [0.15, 0.2) is 0 Å². The fraction of sp³-hybridized carbons (Fsp3) is 0.938. The highest BCUT2D eigenvalue weighted by Crippen LogP contribution is 2.34. The van der Waals surface area contributed by atoms with Crippen molar-refractivity contribution in [3.63, 3.8) is 0 Å². The molecule has 3 unspecified atom stereocenters. The van der Waals surface area contributed by atoms with Gasteiger partial charge in [0, 0.05) is 31.5 Å². The number of nitrogens with zero attached hydrogens (tertiary/aromatic N) is 1. The van der Waals surface area contributed by atoms with Crippen molar-refractivity contribution in [1.29, 1.82) is 0 Å². The second kappa shape index (κ2) is 5.73. The Labute approximate surface area is 112 Å². The van der Waals surface area contributed by atoms with Crippen LogP contribution in [0.1, 0.15) is 53.4 Å². The van der Waals surface area contributed by atoms with E-state index in [1.807, 2.05) is 0 Å². The molecule has 2 aliphatic carbocycles. The third kappa shape index (κ3) is 3.57. The summed E-state index contributed by atoms with van der Waals surface area (Å²) in [7, 11) is 0. The summed E-state index contributed by atoms with van der Waals surface area (Å²) in [6, 6.07) is 0.784. The highest BCUT2D eigenvalue weighted by Gasteiger charge is 2.37. The Morgan fingerprint density at radius 2 is 1.94 bits per heavy atom. The summed E-state index contributed by atoms with van der Waals surface area (Å²) in [4.78, 5) is 14.8. The maximum Gasteiger partial charge on any atom is 0.137 e. The third-order valence-electron chi connectivity index (χ3n) is 4.52. The van der Waals surface area contributed by atoms with Gasteiger partial charge in [-0.3, -0.25) is 9.69 Å². The van der Waals surface area contributed by atoms with E-state index in [9.17, 15) is 4.79 Å². The minimum absolute atomic E-state index is 0.306. The van der Waals surface area contributed by atoms with Gasteiger partial charge >= 0.3 is 0 Å². The van der Waals surface area contributed by atoms with Crippen LogP contribution in [0.15, 0.2) is 0 Å². The van der Waals surface area contributed by atoms with Crippen LogP contribution < -0.4 is 0 Å². The van der Waals surface area contributed by atoms with E-state index in [1.165, 1.54) is 19.3 Å². The maximum absolute atomic E-state index is 12.3. The van der Waals surface area contributed by atoms with Crippen LogP contribution in [0, 0.1) is 23.7 Å². The maximum atomic E-state index is 12.3. The quantitative estimate of drug-likeness (QED) is 0.747. The fourth-order valence-corrected chi connectivity index (χ4v) is 3.51. The van der Waals surface area contributed by atoms with Crippen LogP contribution in [0.2, 0.25) is 0 Å². The van der Waals surface area contributed by atoms with Gasteiger partial charge in [0.1, 0.15) is 5.78 Å².